The Morgan fingerprint density at radius 1 is 1.04 bits per heavy atom. The summed E-state index contributed by atoms with van der Waals surface area (Å²) in [5.74, 6) is -0.166. The summed E-state index contributed by atoms with van der Waals surface area (Å²) < 4.78 is 39.2. The van der Waals surface area contributed by atoms with Crippen molar-refractivity contribution in [3.05, 3.63) is 60.3 Å². The second-order valence-electron chi connectivity index (χ2n) is 5.35. The van der Waals surface area contributed by atoms with Crippen LogP contribution >= 0.6 is 0 Å². The van der Waals surface area contributed by atoms with Gasteiger partial charge in [0.05, 0.1) is 17.4 Å². The third kappa shape index (κ3) is 3.85. The van der Waals surface area contributed by atoms with Crippen molar-refractivity contribution in [3.63, 3.8) is 0 Å². The average Bonchev–Trinajstić information content (AvgIpc) is 3.04. The zero-order chi connectivity index (χ0) is 18.0. The number of hydrogen-bond acceptors (Lipinski definition) is 3. The largest absolute Gasteiger partial charge is 0.416 e. The highest BCUT2D eigenvalue weighted by Gasteiger charge is 2.30. The van der Waals surface area contributed by atoms with Gasteiger partial charge in [-0.3, -0.25) is 4.79 Å². The molecule has 0 atom stereocenters. The van der Waals surface area contributed by atoms with Crippen LogP contribution in [0, 0.1) is 0 Å². The van der Waals surface area contributed by atoms with Crippen LogP contribution in [0.1, 0.15) is 12.5 Å². The molecule has 0 bridgehead atoms. The monoisotopic (exact) mass is 346 g/mol. The molecule has 1 heterocycles. The van der Waals surface area contributed by atoms with Crippen molar-refractivity contribution < 1.29 is 18.0 Å². The molecular formula is C17H13F3N4O. The lowest BCUT2D eigenvalue weighted by Crippen LogP contribution is -2.05. The lowest BCUT2D eigenvalue weighted by molar-refractivity contribution is -0.137. The molecule has 0 saturated carbocycles. The van der Waals surface area contributed by atoms with Gasteiger partial charge in [-0.05, 0) is 36.4 Å². The number of rotatable bonds is 3. The first-order valence-corrected chi connectivity index (χ1v) is 7.31. The molecule has 128 valence electrons. The summed E-state index contributed by atoms with van der Waals surface area (Å²) >= 11 is 0. The van der Waals surface area contributed by atoms with Crippen LogP contribution in [-0.4, -0.2) is 20.9 Å². The fourth-order valence-electron chi connectivity index (χ4n) is 2.25. The topological polar surface area (TPSA) is 59.8 Å². The molecule has 0 saturated heterocycles. The van der Waals surface area contributed by atoms with Crippen LogP contribution in [0.3, 0.4) is 0 Å². The van der Waals surface area contributed by atoms with Gasteiger partial charge in [0.25, 0.3) is 0 Å². The average molecular weight is 346 g/mol. The maximum absolute atomic E-state index is 12.6. The van der Waals surface area contributed by atoms with E-state index in [9.17, 15) is 18.0 Å². The number of nitrogens with one attached hydrogen (secondary N) is 1. The summed E-state index contributed by atoms with van der Waals surface area (Å²) in [6.07, 6.45) is -2.75. The first kappa shape index (κ1) is 16.7. The summed E-state index contributed by atoms with van der Waals surface area (Å²) in [4.78, 5) is 11.0. The lowest BCUT2D eigenvalue weighted by atomic mass is 10.1. The third-order valence-corrected chi connectivity index (χ3v) is 3.45. The summed E-state index contributed by atoms with van der Waals surface area (Å²) in [6, 6.07) is 11.7. The van der Waals surface area contributed by atoms with Crippen LogP contribution in [-0.2, 0) is 11.0 Å². The normalized spacial score (nSPS) is 11.4. The summed E-state index contributed by atoms with van der Waals surface area (Å²) in [6.45, 7) is 1.42. The van der Waals surface area contributed by atoms with E-state index in [2.05, 4.69) is 15.6 Å². The van der Waals surface area contributed by atoms with Crippen molar-refractivity contribution in [2.24, 2.45) is 0 Å². The Morgan fingerprint density at radius 3 is 2.24 bits per heavy atom. The van der Waals surface area contributed by atoms with Gasteiger partial charge < -0.3 is 5.32 Å². The zero-order valence-electron chi connectivity index (χ0n) is 13.1. The standard InChI is InChI=1S/C17H13F3N4O/c1-11(25)21-14-6-2-12(3-7-14)16-10-24(23-22-16)15-8-4-13(5-9-15)17(18,19)20/h2-10H,1H3,(H,21,25). The number of nitrogens with zero attached hydrogens (tertiary/aromatic N) is 3. The minimum Gasteiger partial charge on any atom is -0.326 e. The van der Waals surface area contributed by atoms with Gasteiger partial charge >= 0.3 is 6.18 Å². The van der Waals surface area contributed by atoms with Crippen molar-refractivity contribution in [1.29, 1.82) is 0 Å². The van der Waals surface area contributed by atoms with Crippen LogP contribution in [0.25, 0.3) is 16.9 Å². The van der Waals surface area contributed by atoms with E-state index in [0.29, 0.717) is 17.1 Å². The predicted molar refractivity (Wildman–Crippen MR) is 86.1 cm³/mol. The van der Waals surface area contributed by atoms with Crippen LogP contribution < -0.4 is 5.32 Å². The Hall–Kier alpha value is -3.16. The van der Waals surface area contributed by atoms with Crippen LogP contribution in [0.15, 0.2) is 54.7 Å². The van der Waals surface area contributed by atoms with Crippen molar-refractivity contribution in [3.8, 4) is 16.9 Å². The first-order chi connectivity index (χ1) is 11.8. The van der Waals surface area contributed by atoms with E-state index in [-0.39, 0.29) is 5.91 Å². The molecule has 0 radical (unpaired) electrons. The van der Waals surface area contributed by atoms with Gasteiger partial charge in [-0.25, -0.2) is 4.68 Å². The number of alkyl halides is 3. The quantitative estimate of drug-likeness (QED) is 0.782. The number of halogens is 3. The number of carbonyl (C=O) groups excluding carboxylic acids is 1. The maximum Gasteiger partial charge on any atom is 0.416 e. The predicted octanol–water partition coefficient (Wildman–Crippen LogP) is 3.91. The fraction of sp³-hybridized carbons (Fsp3) is 0.118. The van der Waals surface area contributed by atoms with Gasteiger partial charge in [0.2, 0.25) is 5.91 Å². The van der Waals surface area contributed by atoms with Crippen LogP contribution in [0.5, 0.6) is 0 Å². The van der Waals surface area contributed by atoms with Crippen LogP contribution in [0.2, 0.25) is 0 Å². The highest BCUT2D eigenvalue weighted by atomic mass is 19.4. The molecule has 0 aliphatic rings. The van der Waals surface area contributed by atoms with Gasteiger partial charge in [-0.1, -0.05) is 17.3 Å². The molecule has 3 rings (SSSR count). The lowest BCUT2D eigenvalue weighted by Gasteiger charge is -2.07. The highest BCUT2D eigenvalue weighted by Crippen LogP contribution is 2.29. The zero-order valence-corrected chi connectivity index (χ0v) is 13.1. The molecule has 1 aromatic heterocycles. The van der Waals surface area contributed by atoms with Crippen molar-refractivity contribution in [1.82, 2.24) is 15.0 Å². The molecule has 0 aliphatic heterocycles. The van der Waals surface area contributed by atoms with Crippen molar-refractivity contribution in [2.45, 2.75) is 13.1 Å². The first-order valence-electron chi connectivity index (χ1n) is 7.31. The van der Waals surface area contributed by atoms with E-state index in [1.807, 2.05) is 0 Å². The Morgan fingerprint density at radius 2 is 1.68 bits per heavy atom. The van der Waals surface area contributed by atoms with E-state index in [4.69, 9.17) is 0 Å². The summed E-state index contributed by atoms with van der Waals surface area (Å²) in [7, 11) is 0. The smallest absolute Gasteiger partial charge is 0.326 e. The molecule has 2 aromatic carbocycles. The molecular weight excluding hydrogens is 333 g/mol. The van der Waals surface area contributed by atoms with E-state index in [1.165, 1.54) is 23.7 Å². The second kappa shape index (κ2) is 6.39. The van der Waals surface area contributed by atoms with E-state index in [0.717, 1.165) is 17.7 Å². The molecule has 0 aliphatic carbocycles. The molecule has 1 N–H and O–H groups in total. The molecule has 25 heavy (non-hydrogen) atoms. The van der Waals surface area contributed by atoms with E-state index < -0.39 is 11.7 Å². The molecule has 0 spiro atoms. The minimum absolute atomic E-state index is 0.166. The number of anilines is 1. The van der Waals surface area contributed by atoms with Gasteiger partial charge in [-0.2, -0.15) is 13.2 Å². The molecule has 5 nitrogen and oxygen atoms in total. The molecule has 8 heteroatoms. The number of benzene rings is 2. The van der Waals surface area contributed by atoms with Crippen molar-refractivity contribution in [2.75, 3.05) is 5.32 Å². The SMILES string of the molecule is CC(=O)Nc1ccc(-c2cn(-c3ccc(C(F)(F)F)cc3)nn2)cc1. The van der Waals surface area contributed by atoms with Crippen molar-refractivity contribution >= 4 is 11.6 Å². The number of hydrogen-bond donors (Lipinski definition) is 1. The summed E-state index contributed by atoms with van der Waals surface area (Å²) in [5.41, 5.74) is 1.75. The highest BCUT2D eigenvalue weighted by molar-refractivity contribution is 5.88. The Bertz CT molecular complexity index is 884. The minimum atomic E-state index is -4.37. The van der Waals surface area contributed by atoms with Gasteiger partial charge in [-0.15, -0.1) is 5.10 Å². The maximum atomic E-state index is 12.6. The number of amides is 1. The van der Waals surface area contributed by atoms with Crippen LogP contribution in [0.4, 0.5) is 18.9 Å². The third-order valence-electron chi connectivity index (χ3n) is 3.45. The van der Waals surface area contributed by atoms with E-state index in [1.54, 1.807) is 30.5 Å². The van der Waals surface area contributed by atoms with Gasteiger partial charge in [0.1, 0.15) is 5.69 Å². The van der Waals surface area contributed by atoms with Gasteiger partial charge in [0, 0.05) is 18.2 Å². The molecule has 3 aromatic rings. The van der Waals surface area contributed by atoms with Gasteiger partial charge in [0.15, 0.2) is 0 Å². The summed E-state index contributed by atoms with van der Waals surface area (Å²) in [5, 5.41) is 10.6. The molecule has 0 unspecified atom stereocenters. The van der Waals surface area contributed by atoms with E-state index >= 15 is 0 Å². The number of carbonyl (C=O) groups is 1. The fourth-order valence-corrected chi connectivity index (χ4v) is 2.25. The molecule has 1 amide bonds. The number of aromatic nitrogens is 3. The Balaban J connectivity index is 1.81. The molecule has 0 fully saturated rings. The Kier molecular flexibility index (Phi) is 4.26. The Labute approximate surface area is 141 Å². The second-order valence-corrected chi connectivity index (χ2v) is 5.35.